The zero-order valence-corrected chi connectivity index (χ0v) is 6.93. The van der Waals surface area contributed by atoms with E-state index < -0.39 is 0 Å². The maximum Gasteiger partial charge on any atom is 0.158 e. The van der Waals surface area contributed by atoms with E-state index in [1.165, 1.54) is 12.2 Å². The maximum atomic E-state index is 5.58. The average molecular weight is 170 g/mol. The summed E-state index contributed by atoms with van der Waals surface area (Å²) in [6.45, 7) is 0. The van der Waals surface area contributed by atoms with Gasteiger partial charge in [0.1, 0.15) is 5.44 Å². The van der Waals surface area contributed by atoms with Crippen LogP contribution in [0.25, 0.3) is 0 Å². The van der Waals surface area contributed by atoms with Crippen LogP contribution in [0, 0.1) is 0 Å². The predicted octanol–water partition coefficient (Wildman–Crippen LogP) is 1.64. The van der Waals surface area contributed by atoms with Gasteiger partial charge in [-0.1, -0.05) is 0 Å². The summed E-state index contributed by atoms with van der Waals surface area (Å²) in [5, 5.41) is 6.52. The Bertz CT molecular complexity index is 206. The molecular weight excluding hydrogens is 160 g/mol. The van der Waals surface area contributed by atoms with Crippen LogP contribution >= 0.6 is 11.8 Å². The maximum absolute atomic E-state index is 5.58. The topological polar surface area (TPSA) is 37.9 Å². The molecule has 11 heavy (non-hydrogen) atoms. The van der Waals surface area contributed by atoms with E-state index in [-0.39, 0.29) is 0 Å². The normalized spacial score (nSPS) is 23.8. The first-order chi connectivity index (χ1) is 5.45. The third-order valence-electron chi connectivity index (χ3n) is 1.63. The molecule has 3 nitrogen and oxygen atoms in total. The molecule has 0 saturated carbocycles. The van der Waals surface area contributed by atoms with Gasteiger partial charge < -0.3 is 4.74 Å². The van der Waals surface area contributed by atoms with Gasteiger partial charge in [0.05, 0.1) is 12.4 Å². The SMILES string of the molecule is c1n[nH]cc1OC1CCCS1. The first-order valence-electron chi connectivity index (χ1n) is 3.72. The van der Waals surface area contributed by atoms with Gasteiger partial charge in [0, 0.05) is 0 Å². The van der Waals surface area contributed by atoms with E-state index in [0.717, 1.165) is 12.2 Å². The third-order valence-corrected chi connectivity index (χ3v) is 2.86. The lowest BCUT2D eigenvalue weighted by Gasteiger charge is -2.08. The molecule has 1 fully saturated rings. The van der Waals surface area contributed by atoms with E-state index in [0.29, 0.717) is 5.44 Å². The molecule has 2 rings (SSSR count). The van der Waals surface area contributed by atoms with Gasteiger partial charge in [-0.3, -0.25) is 5.10 Å². The molecule has 1 aromatic heterocycles. The average Bonchev–Trinajstić information content (AvgIpc) is 2.60. The summed E-state index contributed by atoms with van der Waals surface area (Å²) in [5.74, 6) is 2.08. The molecule has 1 aliphatic heterocycles. The Morgan fingerprint density at radius 3 is 3.36 bits per heavy atom. The summed E-state index contributed by atoms with van der Waals surface area (Å²) in [6.07, 6.45) is 5.92. The number of rotatable bonds is 2. The lowest BCUT2D eigenvalue weighted by Crippen LogP contribution is -2.06. The fraction of sp³-hybridized carbons (Fsp3) is 0.571. The van der Waals surface area contributed by atoms with Crippen molar-refractivity contribution in [1.82, 2.24) is 10.2 Å². The Morgan fingerprint density at radius 1 is 1.73 bits per heavy atom. The molecule has 0 aliphatic carbocycles. The molecule has 0 amide bonds. The highest BCUT2D eigenvalue weighted by molar-refractivity contribution is 8.00. The van der Waals surface area contributed by atoms with Crippen molar-refractivity contribution in [1.29, 1.82) is 0 Å². The zero-order valence-electron chi connectivity index (χ0n) is 6.12. The second kappa shape index (κ2) is 3.17. The quantitative estimate of drug-likeness (QED) is 0.733. The van der Waals surface area contributed by atoms with Crippen molar-refractivity contribution in [3.8, 4) is 5.75 Å². The molecule has 1 aromatic rings. The third kappa shape index (κ3) is 1.68. The molecule has 1 atom stereocenters. The Labute approximate surface area is 69.5 Å². The molecule has 2 heterocycles. The van der Waals surface area contributed by atoms with E-state index in [9.17, 15) is 0 Å². The van der Waals surface area contributed by atoms with Crippen molar-refractivity contribution in [2.45, 2.75) is 18.3 Å². The van der Waals surface area contributed by atoms with Gasteiger partial charge in [0.25, 0.3) is 0 Å². The van der Waals surface area contributed by atoms with Crippen LogP contribution in [0.4, 0.5) is 0 Å². The number of hydrogen-bond acceptors (Lipinski definition) is 3. The van der Waals surface area contributed by atoms with Crippen LogP contribution in [0.5, 0.6) is 5.75 Å². The highest BCUT2D eigenvalue weighted by Crippen LogP contribution is 2.28. The first-order valence-corrected chi connectivity index (χ1v) is 4.77. The van der Waals surface area contributed by atoms with E-state index in [2.05, 4.69) is 10.2 Å². The molecule has 60 valence electrons. The number of ether oxygens (including phenoxy) is 1. The van der Waals surface area contributed by atoms with Crippen LogP contribution < -0.4 is 4.74 Å². The Hall–Kier alpha value is -0.640. The predicted molar refractivity (Wildman–Crippen MR) is 44.7 cm³/mol. The van der Waals surface area contributed by atoms with Crippen molar-refractivity contribution in [2.75, 3.05) is 5.75 Å². The van der Waals surface area contributed by atoms with Crippen LogP contribution in [-0.4, -0.2) is 21.4 Å². The van der Waals surface area contributed by atoms with Gasteiger partial charge in [-0.2, -0.15) is 5.10 Å². The number of thioether (sulfide) groups is 1. The van der Waals surface area contributed by atoms with Gasteiger partial charge in [0.2, 0.25) is 0 Å². The summed E-state index contributed by atoms with van der Waals surface area (Å²) < 4.78 is 5.58. The van der Waals surface area contributed by atoms with E-state index in [1.807, 2.05) is 11.8 Å². The molecule has 0 bridgehead atoms. The fourth-order valence-electron chi connectivity index (χ4n) is 1.10. The molecule has 1 aliphatic rings. The van der Waals surface area contributed by atoms with Crippen LogP contribution in [0.15, 0.2) is 12.4 Å². The molecule has 1 N–H and O–H groups in total. The standard InChI is InChI=1S/C7H10N2OS/c1-2-7(11-3-1)10-6-4-8-9-5-6/h4-5,7H,1-3H2,(H,8,9). The monoisotopic (exact) mass is 170 g/mol. The number of aromatic amines is 1. The van der Waals surface area contributed by atoms with Crippen LogP contribution in [0.2, 0.25) is 0 Å². The second-order valence-corrected chi connectivity index (χ2v) is 3.76. The minimum atomic E-state index is 0.354. The molecule has 0 spiro atoms. The lowest BCUT2D eigenvalue weighted by atomic mass is 10.4. The van der Waals surface area contributed by atoms with Crippen LogP contribution in [0.1, 0.15) is 12.8 Å². The zero-order chi connectivity index (χ0) is 7.52. The first kappa shape index (κ1) is 7.03. The largest absolute Gasteiger partial charge is 0.477 e. The number of aromatic nitrogens is 2. The minimum absolute atomic E-state index is 0.354. The summed E-state index contributed by atoms with van der Waals surface area (Å²) >= 11 is 1.88. The molecule has 1 saturated heterocycles. The van der Waals surface area contributed by atoms with Crippen LogP contribution in [-0.2, 0) is 0 Å². The number of nitrogens with zero attached hydrogens (tertiary/aromatic N) is 1. The van der Waals surface area contributed by atoms with E-state index in [1.54, 1.807) is 12.4 Å². The van der Waals surface area contributed by atoms with Crippen molar-refractivity contribution in [2.24, 2.45) is 0 Å². The van der Waals surface area contributed by atoms with E-state index in [4.69, 9.17) is 4.74 Å². The summed E-state index contributed by atoms with van der Waals surface area (Å²) in [7, 11) is 0. The molecule has 4 heteroatoms. The number of H-pyrrole nitrogens is 1. The highest BCUT2D eigenvalue weighted by atomic mass is 32.2. The van der Waals surface area contributed by atoms with Gasteiger partial charge in [0.15, 0.2) is 5.75 Å². The Morgan fingerprint density at radius 2 is 2.73 bits per heavy atom. The molecular formula is C7H10N2OS. The number of nitrogens with one attached hydrogen (secondary N) is 1. The smallest absolute Gasteiger partial charge is 0.158 e. The van der Waals surface area contributed by atoms with Gasteiger partial charge >= 0.3 is 0 Å². The Kier molecular flexibility index (Phi) is 2.03. The van der Waals surface area contributed by atoms with Gasteiger partial charge in [-0.05, 0) is 18.6 Å². The van der Waals surface area contributed by atoms with Crippen molar-refractivity contribution in [3.63, 3.8) is 0 Å². The van der Waals surface area contributed by atoms with Crippen LogP contribution in [0.3, 0.4) is 0 Å². The fourth-order valence-corrected chi connectivity index (χ4v) is 2.21. The van der Waals surface area contributed by atoms with Gasteiger partial charge in [-0.25, -0.2) is 0 Å². The van der Waals surface area contributed by atoms with Crippen molar-refractivity contribution in [3.05, 3.63) is 12.4 Å². The van der Waals surface area contributed by atoms with Gasteiger partial charge in [-0.15, -0.1) is 11.8 Å². The van der Waals surface area contributed by atoms with Crippen molar-refractivity contribution >= 4 is 11.8 Å². The second-order valence-electron chi connectivity index (χ2n) is 2.49. The number of hydrogen-bond donors (Lipinski definition) is 1. The Balaban J connectivity index is 1.90. The molecule has 0 aromatic carbocycles. The summed E-state index contributed by atoms with van der Waals surface area (Å²) in [5.41, 5.74) is 0.354. The lowest BCUT2D eigenvalue weighted by molar-refractivity contribution is 0.284. The van der Waals surface area contributed by atoms with E-state index >= 15 is 0 Å². The highest BCUT2D eigenvalue weighted by Gasteiger charge is 2.16. The molecule has 1 unspecified atom stereocenters. The van der Waals surface area contributed by atoms with Crippen molar-refractivity contribution < 1.29 is 4.74 Å². The minimum Gasteiger partial charge on any atom is -0.477 e. The summed E-state index contributed by atoms with van der Waals surface area (Å²) in [6, 6.07) is 0. The molecule has 0 radical (unpaired) electrons. The summed E-state index contributed by atoms with van der Waals surface area (Å²) in [4.78, 5) is 0.